The maximum Gasteiger partial charge on any atom is 0.236 e. The van der Waals surface area contributed by atoms with Crippen LogP contribution in [0.3, 0.4) is 0 Å². The molecule has 1 unspecified atom stereocenters. The summed E-state index contributed by atoms with van der Waals surface area (Å²) >= 11 is 0. The average molecular weight is 326 g/mol. The fourth-order valence-corrected chi connectivity index (χ4v) is 3.00. The fourth-order valence-electron chi connectivity index (χ4n) is 3.00. The van der Waals surface area contributed by atoms with Gasteiger partial charge in [-0.3, -0.25) is 9.69 Å². The maximum atomic E-state index is 12.4. The van der Waals surface area contributed by atoms with Crippen molar-refractivity contribution in [2.24, 2.45) is 0 Å². The number of hydrogen-bond acceptors (Lipinski definition) is 3. The third-order valence-corrected chi connectivity index (χ3v) is 4.37. The smallest absolute Gasteiger partial charge is 0.236 e. The fraction of sp³-hybridized carbons (Fsp3) is 0.588. The quantitative estimate of drug-likeness (QED) is 0.869. The highest BCUT2D eigenvalue weighted by Gasteiger charge is 2.26. The number of carbonyl (C=O) groups is 1. The lowest BCUT2D eigenvalue weighted by atomic mass is 10.1. The number of likely N-dealkylation sites (N-methyl/N-ethyl adjacent to an activating group) is 2. The Balaban J connectivity index is 0.00000242. The molecule has 22 heavy (non-hydrogen) atoms. The van der Waals surface area contributed by atoms with Crippen LogP contribution in [-0.2, 0) is 11.3 Å². The molecule has 1 aliphatic heterocycles. The molecule has 2 rings (SSSR count). The second kappa shape index (κ2) is 9.13. The number of hydrogen-bond donors (Lipinski definition) is 1. The van der Waals surface area contributed by atoms with Crippen molar-refractivity contribution in [3.05, 3.63) is 35.4 Å². The van der Waals surface area contributed by atoms with E-state index in [2.05, 4.69) is 29.3 Å². The van der Waals surface area contributed by atoms with Crippen LogP contribution in [0.25, 0.3) is 0 Å². The molecule has 1 atom stereocenters. The van der Waals surface area contributed by atoms with Gasteiger partial charge in [-0.05, 0) is 44.5 Å². The van der Waals surface area contributed by atoms with E-state index in [0.717, 1.165) is 13.1 Å². The average Bonchev–Trinajstić information content (AvgIpc) is 2.89. The van der Waals surface area contributed by atoms with Gasteiger partial charge >= 0.3 is 0 Å². The molecule has 5 heteroatoms. The highest BCUT2D eigenvalue weighted by atomic mass is 35.5. The molecule has 0 bridgehead atoms. The third-order valence-electron chi connectivity index (χ3n) is 4.37. The number of nitrogens with one attached hydrogen (secondary N) is 1. The van der Waals surface area contributed by atoms with Crippen LogP contribution in [0.5, 0.6) is 0 Å². The summed E-state index contributed by atoms with van der Waals surface area (Å²) in [4.78, 5) is 16.6. The number of likely N-dealkylation sites (tertiary alicyclic amines) is 1. The van der Waals surface area contributed by atoms with Gasteiger partial charge in [0.05, 0.1) is 6.54 Å². The predicted molar refractivity (Wildman–Crippen MR) is 93.4 cm³/mol. The summed E-state index contributed by atoms with van der Waals surface area (Å²) < 4.78 is 0. The number of nitrogens with zero attached hydrogens (tertiary/aromatic N) is 2. The van der Waals surface area contributed by atoms with Crippen molar-refractivity contribution in [1.82, 2.24) is 15.1 Å². The Bertz CT molecular complexity index is 481. The molecule has 0 aliphatic carbocycles. The molecule has 1 aromatic rings. The van der Waals surface area contributed by atoms with E-state index in [1.165, 1.54) is 24.0 Å². The van der Waals surface area contributed by atoms with E-state index >= 15 is 0 Å². The lowest BCUT2D eigenvalue weighted by Gasteiger charge is -2.26. The standard InChI is InChI=1S/C17H27N3O.ClH/c1-14-7-4-5-8-15(14)12-19(3)17(21)13-20-10-6-9-16(20)11-18-2;/h4-5,7-8,16,18H,6,9-13H2,1-3H3;1H. The van der Waals surface area contributed by atoms with Gasteiger partial charge in [0.15, 0.2) is 0 Å². The molecule has 0 saturated carbocycles. The number of carbonyl (C=O) groups excluding carboxylic acids is 1. The summed E-state index contributed by atoms with van der Waals surface area (Å²) in [6.45, 7) is 5.33. The first-order chi connectivity index (χ1) is 10.1. The van der Waals surface area contributed by atoms with Gasteiger partial charge < -0.3 is 10.2 Å². The molecular weight excluding hydrogens is 298 g/mol. The lowest BCUT2D eigenvalue weighted by Crippen LogP contribution is -2.43. The van der Waals surface area contributed by atoms with Crippen molar-refractivity contribution in [3.63, 3.8) is 0 Å². The van der Waals surface area contributed by atoms with E-state index in [9.17, 15) is 4.79 Å². The normalized spacial score (nSPS) is 18.0. The van der Waals surface area contributed by atoms with E-state index in [1.54, 1.807) is 0 Å². The zero-order valence-corrected chi connectivity index (χ0v) is 14.7. The molecule has 1 aromatic carbocycles. The Morgan fingerprint density at radius 1 is 1.41 bits per heavy atom. The molecule has 0 aromatic heterocycles. The van der Waals surface area contributed by atoms with Gasteiger partial charge in [-0.15, -0.1) is 12.4 Å². The van der Waals surface area contributed by atoms with Gasteiger partial charge in [-0.2, -0.15) is 0 Å². The number of aryl methyl sites for hydroxylation is 1. The van der Waals surface area contributed by atoms with Gasteiger partial charge in [0.25, 0.3) is 0 Å². The molecule has 1 N–H and O–H groups in total. The molecule has 4 nitrogen and oxygen atoms in total. The highest BCUT2D eigenvalue weighted by Crippen LogP contribution is 2.17. The number of amides is 1. The molecule has 1 fully saturated rings. The number of rotatable bonds is 6. The Kier molecular flexibility index (Phi) is 7.87. The van der Waals surface area contributed by atoms with Crippen LogP contribution in [0.4, 0.5) is 0 Å². The molecule has 0 radical (unpaired) electrons. The van der Waals surface area contributed by atoms with Gasteiger partial charge in [0, 0.05) is 26.2 Å². The number of benzene rings is 1. The molecule has 1 heterocycles. The summed E-state index contributed by atoms with van der Waals surface area (Å²) in [7, 11) is 3.88. The molecule has 0 spiro atoms. The summed E-state index contributed by atoms with van der Waals surface area (Å²) in [5, 5.41) is 3.22. The van der Waals surface area contributed by atoms with E-state index in [-0.39, 0.29) is 18.3 Å². The van der Waals surface area contributed by atoms with Crippen LogP contribution in [0.2, 0.25) is 0 Å². The minimum absolute atomic E-state index is 0. The minimum atomic E-state index is 0. The third kappa shape index (κ3) is 4.97. The van der Waals surface area contributed by atoms with E-state index in [0.29, 0.717) is 19.1 Å². The van der Waals surface area contributed by atoms with E-state index in [1.807, 2.05) is 31.1 Å². The predicted octanol–water partition coefficient (Wildman–Crippen LogP) is 2.06. The zero-order valence-electron chi connectivity index (χ0n) is 13.8. The van der Waals surface area contributed by atoms with Crippen LogP contribution >= 0.6 is 12.4 Å². The summed E-state index contributed by atoms with van der Waals surface area (Å²) in [6.07, 6.45) is 2.39. The minimum Gasteiger partial charge on any atom is -0.340 e. The van der Waals surface area contributed by atoms with Gasteiger partial charge in [0.1, 0.15) is 0 Å². The van der Waals surface area contributed by atoms with Crippen molar-refractivity contribution in [2.75, 3.05) is 33.7 Å². The van der Waals surface area contributed by atoms with Gasteiger partial charge in [0.2, 0.25) is 5.91 Å². The second-order valence-electron chi connectivity index (χ2n) is 6.00. The number of halogens is 1. The van der Waals surface area contributed by atoms with E-state index < -0.39 is 0 Å². The maximum absolute atomic E-state index is 12.4. The zero-order chi connectivity index (χ0) is 15.2. The van der Waals surface area contributed by atoms with Crippen LogP contribution in [-0.4, -0.2) is 55.5 Å². The summed E-state index contributed by atoms with van der Waals surface area (Å²) in [5.41, 5.74) is 2.47. The Morgan fingerprint density at radius 2 is 2.14 bits per heavy atom. The molecule has 124 valence electrons. The lowest BCUT2D eigenvalue weighted by molar-refractivity contribution is -0.131. The second-order valence-corrected chi connectivity index (χ2v) is 6.00. The van der Waals surface area contributed by atoms with Crippen LogP contribution in [0, 0.1) is 6.92 Å². The molecular formula is C17H28ClN3O. The first-order valence-corrected chi connectivity index (χ1v) is 7.79. The first-order valence-electron chi connectivity index (χ1n) is 7.79. The van der Waals surface area contributed by atoms with E-state index in [4.69, 9.17) is 0 Å². The Labute approximate surface area is 140 Å². The monoisotopic (exact) mass is 325 g/mol. The molecule has 1 saturated heterocycles. The van der Waals surface area contributed by atoms with Crippen LogP contribution < -0.4 is 5.32 Å². The topological polar surface area (TPSA) is 35.6 Å². The Morgan fingerprint density at radius 3 is 2.82 bits per heavy atom. The summed E-state index contributed by atoms with van der Waals surface area (Å²) in [6, 6.07) is 8.76. The summed E-state index contributed by atoms with van der Waals surface area (Å²) in [5.74, 6) is 0.209. The van der Waals surface area contributed by atoms with Crippen LogP contribution in [0.1, 0.15) is 24.0 Å². The largest absolute Gasteiger partial charge is 0.340 e. The van der Waals surface area contributed by atoms with Crippen molar-refractivity contribution >= 4 is 18.3 Å². The molecule has 1 aliphatic rings. The highest BCUT2D eigenvalue weighted by molar-refractivity contribution is 5.85. The SMILES string of the molecule is CNCC1CCCN1CC(=O)N(C)Cc1ccccc1C.Cl. The van der Waals surface area contributed by atoms with Crippen molar-refractivity contribution in [1.29, 1.82) is 0 Å². The molecule has 1 amide bonds. The van der Waals surface area contributed by atoms with Gasteiger partial charge in [-0.25, -0.2) is 0 Å². The van der Waals surface area contributed by atoms with Gasteiger partial charge in [-0.1, -0.05) is 24.3 Å². The van der Waals surface area contributed by atoms with Crippen molar-refractivity contribution in [2.45, 2.75) is 32.4 Å². The van der Waals surface area contributed by atoms with Crippen molar-refractivity contribution in [3.8, 4) is 0 Å². The van der Waals surface area contributed by atoms with Crippen LogP contribution in [0.15, 0.2) is 24.3 Å². The Hall–Kier alpha value is -1.10. The first kappa shape index (κ1) is 18.9. The van der Waals surface area contributed by atoms with Crippen molar-refractivity contribution < 1.29 is 4.79 Å².